The van der Waals surface area contributed by atoms with Crippen LogP contribution in [0, 0.1) is 13.8 Å². The molecule has 1 aromatic carbocycles. The van der Waals surface area contributed by atoms with Gasteiger partial charge in [-0.2, -0.15) is 0 Å². The second-order valence-corrected chi connectivity index (χ2v) is 3.41. The van der Waals surface area contributed by atoms with Gasteiger partial charge in [0.05, 0.1) is 5.88 Å². The first-order valence-corrected chi connectivity index (χ1v) is 4.68. The highest BCUT2D eigenvalue weighted by Gasteiger charge is 2.09. The van der Waals surface area contributed by atoms with E-state index < -0.39 is 0 Å². The maximum atomic E-state index is 5.72. The lowest BCUT2D eigenvalue weighted by Crippen LogP contribution is -1.81. The van der Waals surface area contributed by atoms with Crippen LogP contribution in [0.5, 0.6) is 0 Å². The number of aryl methyl sites for hydroxylation is 2. The van der Waals surface area contributed by atoms with Gasteiger partial charge in [-0.05, 0) is 31.0 Å². The quantitative estimate of drug-likeness (QED) is 0.654. The van der Waals surface area contributed by atoms with Crippen LogP contribution in [0.3, 0.4) is 0 Å². The molecule has 0 saturated carbocycles. The van der Waals surface area contributed by atoms with Crippen LogP contribution in [-0.4, -0.2) is 5.16 Å². The van der Waals surface area contributed by atoms with E-state index in [0.717, 1.165) is 22.2 Å². The van der Waals surface area contributed by atoms with Gasteiger partial charge in [0.15, 0.2) is 5.58 Å². The molecule has 0 saturated heterocycles. The largest absolute Gasteiger partial charge is 0.356 e. The molecule has 0 fully saturated rings. The van der Waals surface area contributed by atoms with Gasteiger partial charge < -0.3 is 4.52 Å². The van der Waals surface area contributed by atoms with Crippen molar-refractivity contribution in [2.24, 2.45) is 0 Å². The van der Waals surface area contributed by atoms with Crippen molar-refractivity contribution < 1.29 is 4.52 Å². The second-order valence-electron chi connectivity index (χ2n) is 3.15. The van der Waals surface area contributed by atoms with E-state index in [1.165, 1.54) is 5.56 Å². The Balaban J connectivity index is 2.81. The third-order valence-corrected chi connectivity index (χ3v) is 2.61. The van der Waals surface area contributed by atoms with E-state index in [-0.39, 0.29) is 0 Å². The van der Waals surface area contributed by atoms with Crippen molar-refractivity contribution in [3.63, 3.8) is 0 Å². The molecular formula is C10H10ClNO. The van der Waals surface area contributed by atoms with Gasteiger partial charge in [0.1, 0.15) is 5.69 Å². The summed E-state index contributed by atoms with van der Waals surface area (Å²) in [5.41, 5.74) is 4.03. The molecule has 2 aromatic rings. The zero-order valence-electron chi connectivity index (χ0n) is 7.60. The summed E-state index contributed by atoms with van der Waals surface area (Å²) < 4.78 is 5.22. The minimum absolute atomic E-state index is 0.398. The van der Waals surface area contributed by atoms with Gasteiger partial charge in [0, 0.05) is 5.39 Å². The number of rotatable bonds is 1. The highest BCUT2D eigenvalue weighted by Crippen LogP contribution is 2.24. The van der Waals surface area contributed by atoms with Gasteiger partial charge >= 0.3 is 0 Å². The SMILES string of the molecule is Cc1ccc2c(CCl)noc2c1C. The smallest absolute Gasteiger partial charge is 0.170 e. The second kappa shape index (κ2) is 3.04. The minimum atomic E-state index is 0.398. The number of alkyl halides is 1. The highest BCUT2D eigenvalue weighted by molar-refractivity contribution is 6.17. The van der Waals surface area contributed by atoms with Crippen LogP contribution in [0.1, 0.15) is 16.8 Å². The molecule has 0 aliphatic rings. The van der Waals surface area contributed by atoms with Gasteiger partial charge in [-0.1, -0.05) is 11.2 Å². The lowest BCUT2D eigenvalue weighted by molar-refractivity contribution is 0.448. The van der Waals surface area contributed by atoms with Gasteiger partial charge in [-0.25, -0.2) is 0 Å². The Kier molecular flexibility index (Phi) is 2.00. The molecule has 0 radical (unpaired) electrons. The van der Waals surface area contributed by atoms with Gasteiger partial charge in [0.2, 0.25) is 0 Å². The molecule has 0 N–H and O–H groups in total. The third kappa shape index (κ3) is 1.22. The number of hydrogen-bond donors (Lipinski definition) is 0. The first-order valence-electron chi connectivity index (χ1n) is 4.14. The van der Waals surface area contributed by atoms with Crippen molar-refractivity contribution >= 4 is 22.6 Å². The topological polar surface area (TPSA) is 26.0 Å². The molecule has 0 aliphatic carbocycles. The summed E-state index contributed by atoms with van der Waals surface area (Å²) in [6.07, 6.45) is 0. The van der Waals surface area contributed by atoms with Crippen LogP contribution in [-0.2, 0) is 5.88 Å². The van der Waals surface area contributed by atoms with E-state index in [1.807, 2.05) is 13.0 Å². The fraction of sp³-hybridized carbons (Fsp3) is 0.300. The van der Waals surface area contributed by atoms with E-state index in [2.05, 4.69) is 18.1 Å². The molecule has 0 unspecified atom stereocenters. The summed E-state index contributed by atoms with van der Waals surface area (Å²) in [6, 6.07) is 4.07. The number of nitrogens with zero attached hydrogens (tertiary/aromatic N) is 1. The van der Waals surface area contributed by atoms with Crippen LogP contribution in [0.15, 0.2) is 16.7 Å². The molecule has 2 rings (SSSR count). The molecule has 1 heterocycles. The number of hydrogen-bond acceptors (Lipinski definition) is 2. The molecule has 3 heteroatoms. The lowest BCUT2D eigenvalue weighted by Gasteiger charge is -1.97. The summed E-state index contributed by atoms with van der Waals surface area (Å²) >= 11 is 5.72. The van der Waals surface area contributed by atoms with Crippen LogP contribution in [0.4, 0.5) is 0 Å². The Bertz CT molecular complexity index is 447. The van der Waals surface area contributed by atoms with E-state index >= 15 is 0 Å². The van der Waals surface area contributed by atoms with Crippen LogP contribution in [0.2, 0.25) is 0 Å². The fourth-order valence-electron chi connectivity index (χ4n) is 1.38. The molecule has 2 nitrogen and oxygen atoms in total. The number of halogens is 1. The molecule has 0 spiro atoms. The van der Waals surface area contributed by atoms with Crippen LogP contribution < -0.4 is 0 Å². The summed E-state index contributed by atoms with van der Waals surface area (Å²) in [5.74, 6) is 0.398. The maximum Gasteiger partial charge on any atom is 0.170 e. The molecular weight excluding hydrogens is 186 g/mol. The first-order chi connectivity index (χ1) is 6.24. The Labute approximate surface area is 81.5 Å². The highest BCUT2D eigenvalue weighted by atomic mass is 35.5. The summed E-state index contributed by atoms with van der Waals surface area (Å²) in [7, 11) is 0. The van der Waals surface area contributed by atoms with Gasteiger partial charge in [-0.15, -0.1) is 11.6 Å². The van der Waals surface area contributed by atoms with Crippen molar-refractivity contribution in [3.8, 4) is 0 Å². The monoisotopic (exact) mass is 195 g/mol. The third-order valence-electron chi connectivity index (χ3n) is 2.36. The zero-order valence-corrected chi connectivity index (χ0v) is 8.35. The molecule has 0 atom stereocenters. The summed E-state index contributed by atoms with van der Waals surface area (Å²) in [6.45, 7) is 4.08. The molecule has 1 aromatic heterocycles. The zero-order chi connectivity index (χ0) is 9.42. The number of fused-ring (bicyclic) bond motifs is 1. The van der Waals surface area contributed by atoms with E-state index in [4.69, 9.17) is 16.1 Å². The molecule has 0 amide bonds. The first kappa shape index (κ1) is 8.57. The number of aromatic nitrogens is 1. The molecule has 0 bridgehead atoms. The van der Waals surface area contributed by atoms with Crippen molar-refractivity contribution in [2.45, 2.75) is 19.7 Å². The predicted octanol–water partition coefficient (Wildman–Crippen LogP) is 3.18. The standard InChI is InChI=1S/C10H10ClNO/c1-6-3-4-8-9(5-11)12-13-10(8)7(6)2/h3-4H,5H2,1-2H3. The summed E-state index contributed by atoms with van der Waals surface area (Å²) in [5, 5.41) is 4.93. The Hall–Kier alpha value is -1.02. The number of benzene rings is 1. The van der Waals surface area contributed by atoms with Crippen LogP contribution in [0.25, 0.3) is 11.0 Å². The fourth-order valence-corrected chi connectivity index (χ4v) is 1.57. The van der Waals surface area contributed by atoms with Crippen molar-refractivity contribution in [3.05, 3.63) is 29.0 Å². The van der Waals surface area contributed by atoms with Crippen molar-refractivity contribution in [2.75, 3.05) is 0 Å². The average Bonchev–Trinajstić information content (AvgIpc) is 2.55. The molecule has 0 aliphatic heterocycles. The Morgan fingerprint density at radius 2 is 2.15 bits per heavy atom. The van der Waals surface area contributed by atoms with Gasteiger partial charge in [0.25, 0.3) is 0 Å². The van der Waals surface area contributed by atoms with E-state index in [9.17, 15) is 0 Å². The predicted molar refractivity (Wildman–Crippen MR) is 53.0 cm³/mol. The van der Waals surface area contributed by atoms with Gasteiger partial charge in [-0.3, -0.25) is 0 Å². The minimum Gasteiger partial charge on any atom is -0.356 e. The molecule has 13 heavy (non-hydrogen) atoms. The average molecular weight is 196 g/mol. The normalized spacial score (nSPS) is 11.0. The maximum absolute atomic E-state index is 5.72. The molecule has 68 valence electrons. The van der Waals surface area contributed by atoms with E-state index in [0.29, 0.717) is 5.88 Å². The Morgan fingerprint density at radius 1 is 1.38 bits per heavy atom. The lowest BCUT2D eigenvalue weighted by atomic mass is 10.1. The van der Waals surface area contributed by atoms with E-state index in [1.54, 1.807) is 0 Å². The van der Waals surface area contributed by atoms with Crippen LogP contribution >= 0.6 is 11.6 Å². The Morgan fingerprint density at radius 3 is 2.85 bits per heavy atom. The van der Waals surface area contributed by atoms with Crippen molar-refractivity contribution in [1.82, 2.24) is 5.16 Å². The van der Waals surface area contributed by atoms with Crippen molar-refractivity contribution in [1.29, 1.82) is 0 Å². The summed E-state index contributed by atoms with van der Waals surface area (Å²) in [4.78, 5) is 0.